The van der Waals surface area contributed by atoms with E-state index in [1.807, 2.05) is 24.3 Å². The number of hydrogen-bond acceptors (Lipinski definition) is 4. The first-order valence-corrected chi connectivity index (χ1v) is 7.78. The van der Waals surface area contributed by atoms with E-state index in [-0.39, 0.29) is 6.10 Å². The second kappa shape index (κ2) is 7.27. The molecule has 1 aliphatic heterocycles. The first kappa shape index (κ1) is 14.9. The lowest BCUT2D eigenvalue weighted by Gasteiger charge is -2.17. The van der Waals surface area contributed by atoms with Crippen molar-refractivity contribution in [1.82, 2.24) is 9.88 Å². The Morgan fingerprint density at radius 1 is 1.23 bits per heavy atom. The number of rotatable bonds is 6. The molecule has 1 fully saturated rings. The summed E-state index contributed by atoms with van der Waals surface area (Å²) in [6.45, 7) is 5.73. The summed E-state index contributed by atoms with van der Waals surface area (Å²) in [5.41, 5.74) is 1.23. The molecule has 0 spiro atoms. The van der Waals surface area contributed by atoms with Crippen LogP contribution in [0.5, 0.6) is 11.5 Å². The number of aryl methyl sites for hydroxylation is 1. The Labute approximate surface area is 131 Å². The molecule has 1 unspecified atom stereocenters. The summed E-state index contributed by atoms with van der Waals surface area (Å²) in [4.78, 5) is 6.46. The molecule has 0 saturated carbocycles. The predicted molar refractivity (Wildman–Crippen MR) is 86.4 cm³/mol. The highest BCUT2D eigenvalue weighted by Gasteiger charge is 2.23. The SMILES string of the molecule is Cc1cccc(OCCN2CCC(Oc3cccnc3)C2)c1. The lowest BCUT2D eigenvalue weighted by molar-refractivity contribution is 0.186. The van der Waals surface area contributed by atoms with Gasteiger partial charge < -0.3 is 9.47 Å². The normalized spacial score (nSPS) is 18.3. The standard InChI is InChI=1S/C18H22N2O2/c1-15-4-2-5-16(12-15)21-11-10-20-9-7-18(14-20)22-17-6-3-8-19-13-17/h2-6,8,12-13,18H,7,9-11,14H2,1H3. The van der Waals surface area contributed by atoms with Crippen LogP contribution >= 0.6 is 0 Å². The number of nitrogens with zero attached hydrogens (tertiary/aromatic N) is 2. The maximum atomic E-state index is 5.94. The van der Waals surface area contributed by atoms with Gasteiger partial charge in [0.2, 0.25) is 0 Å². The predicted octanol–water partition coefficient (Wildman–Crippen LogP) is 2.92. The molecule has 1 atom stereocenters. The Balaban J connectivity index is 1.40. The fourth-order valence-corrected chi connectivity index (χ4v) is 2.70. The van der Waals surface area contributed by atoms with E-state index in [1.54, 1.807) is 12.4 Å². The number of pyridine rings is 1. The molecule has 22 heavy (non-hydrogen) atoms. The summed E-state index contributed by atoms with van der Waals surface area (Å²) in [5, 5.41) is 0. The van der Waals surface area contributed by atoms with Crippen LogP contribution in [0.2, 0.25) is 0 Å². The molecular formula is C18H22N2O2. The molecular weight excluding hydrogens is 276 g/mol. The van der Waals surface area contributed by atoms with Crippen LogP contribution in [-0.2, 0) is 0 Å². The maximum absolute atomic E-state index is 5.94. The van der Waals surface area contributed by atoms with Crippen molar-refractivity contribution < 1.29 is 9.47 Å². The van der Waals surface area contributed by atoms with Gasteiger partial charge in [-0.2, -0.15) is 0 Å². The van der Waals surface area contributed by atoms with Gasteiger partial charge in [0, 0.05) is 25.8 Å². The molecule has 0 bridgehead atoms. The molecule has 1 aromatic heterocycles. The molecule has 3 rings (SSSR count). The fraction of sp³-hybridized carbons (Fsp3) is 0.389. The van der Waals surface area contributed by atoms with Gasteiger partial charge in [0.15, 0.2) is 0 Å². The highest BCUT2D eigenvalue weighted by atomic mass is 16.5. The number of likely N-dealkylation sites (tertiary alicyclic amines) is 1. The lowest BCUT2D eigenvalue weighted by atomic mass is 10.2. The summed E-state index contributed by atoms with van der Waals surface area (Å²) in [7, 11) is 0. The molecule has 2 heterocycles. The van der Waals surface area contributed by atoms with E-state index in [4.69, 9.17) is 9.47 Å². The average Bonchev–Trinajstić information content (AvgIpc) is 2.96. The topological polar surface area (TPSA) is 34.6 Å². The molecule has 0 amide bonds. The molecule has 4 heteroatoms. The Hall–Kier alpha value is -2.07. The van der Waals surface area contributed by atoms with Crippen molar-refractivity contribution in [2.45, 2.75) is 19.4 Å². The monoisotopic (exact) mass is 298 g/mol. The number of aromatic nitrogens is 1. The highest BCUT2D eigenvalue weighted by Crippen LogP contribution is 2.17. The van der Waals surface area contributed by atoms with Crippen molar-refractivity contribution in [3.05, 3.63) is 54.4 Å². The third-order valence-electron chi connectivity index (χ3n) is 3.83. The smallest absolute Gasteiger partial charge is 0.138 e. The van der Waals surface area contributed by atoms with Gasteiger partial charge in [-0.25, -0.2) is 0 Å². The number of benzene rings is 1. The van der Waals surface area contributed by atoms with Gasteiger partial charge in [-0.15, -0.1) is 0 Å². The average molecular weight is 298 g/mol. The second-order valence-corrected chi connectivity index (χ2v) is 5.68. The zero-order chi connectivity index (χ0) is 15.2. The highest BCUT2D eigenvalue weighted by molar-refractivity contribution is 5.27. The van der Waals surface area contributed by atoms with Crippen LogP contribution in [0, 0.1) is 6.92 Å². The number of ether oxygens (including phenoxy) is 2. The zero-order valence-corrected chi connectivity index (χ0v) is 12.9. The Morgan fingerprint density at radius 3 is 2.95 bits per heavy atom. The van der Waals surface area contributed by atoms with Crippen molar-refractivity contribution in [2.24, 2.45) is 0 Å². The minimum atomic E-state index is 0.253. The minimum absolute atomic E-state index is 0.253. The van der Waals surface area contributed by atoms with E-state index in [9.17, 15) is 0 Å². The molecule has 116 valence electrons. The van der Waals surface area contributed by atoms with Crippen LogP contribution in [0.4, 0.5) is 0 Å². The fourth-order valence-electron chi connectivity index (χ4n) is 2.70. The zero-order valence-electron chi connectivity index (χ0n) is 12.9. The molecule has 0 radical (unpaired) electrons. The van der Waals surface area contributed by atoms with E-state index in [1.165, 1.54) is 5.56 Å². The van der Waals surface area contributed by atoms with Gasteiger partial charge >= 0.3 is 0 Å². The Morgan fingerprint density at radius 2 is 2.14 bits per heavy atom. The number of hydrogen-bond donors (Lipinski definition) is 0. The van der Waals surface area contributed by atoms with Crippen molar-refractivity contribution >= 4 is 0 Å². The van der Waals surface area contributed by atoms with Crippen LogP contribution in [-0.4, -0.2) is 42.2 Å². The summed E-state index contributed by atoms with van der Waals surface area (Å²) in [5.74, 6) is 1.80. The molecule has 2 aromatic rings. The van der Waals surface area contributed by atoms with Crippen LogP contribution in [0.3, 0.4) is 0 Å². The van der Waals surface area contributed by atoms with Crippen molar-refractivity contribution in [3.8, 4) is 11.5 Å². The summed E-state index contributed by atoms with van der Waals surface area (Å²) in [6.07, 6.45) is 4.84. The Bertz CT molecular complexity index is 589. The van der Waals surface area contributed by atoms with Crippen LogP contribution < -0.4 is 9.47 Å². The van der Waals surface area contributed by atoms with Crippen LogP contribution in [0.15, 0.2) is 48.8 Å². The first-order valence-electron chi connectivity index (χ1n) is 7.78. The van der Waals surface area contributed by atoms with E-state index in [0.29, 0.717) is 6.61 Å². The first-order chi connectivity index (χ1) is 10.8. The quantitative estimate of drug-likeness (QED) is 0.821. The molecule has 1 aromatic carbocycles. The van der Waals surface area contributed by atoms with Crippen molar-refractivity contribution in [1.29, 1.82) is 0 Å². The van der Waals surface area contributed by atoms with Gasteiger partial charge in [-0.1, -0.05) is 12.1 Å². The van der Waals surface area contributed by atoms with E-state index in [2.05, 4.69) is 28.9 Å². The van der Waals surface area contributed by atoms with Gasteiger partial charge in [0.25, 0.3) is 0 Å². The molecule has 4 nitrogen and oxygen atoms in total. The minimum Gasteiger partial charge on any atom is -0.492 e. The van der Waals surface area contributed by atoms with Crippen molar-refractivity contribution in [3.63, 3.8) is 0 Å². The molecule has 0 aliphatic carbocycles. The van der Waals surface area contributed by atoms with E-state index >= 15 is 0 Å². The summed E-state index contributed by atoms with van der Waals surface area (Å²) >= 11 is 0. The van der Waals surface area contributed by atoms with Gasteiger partial charge in [-0.05, 0) is 43.2 Å². The summed E-state index contributed by atoms with van der Waals surface area (Å²) in [6, 6.07) is 12.0. The summed E-state index contributed by atoms with van der Waals surface area (Å²) < 4.78 is 11.8. The van der Waals surface area contributed by atoms with E-state index < -0.39 is 0 Å². The Kier molecular flexibility index (Phi) is 4.91. The second-order valence-electron chi connectivity index (χ2n) is 5.68. The largest absolute Gasteiger partial charge is 0.492 e. The maximum Gasteiger partial charge on any atom is 0.138 e. The van der Waals surface area contributed by atoms with Crippen LogP contribution in [0.25, 0.3) is 0 Å². The molecule has 0 N–H and O–H groups in total. The van der Waals surface area contributed by atoms with E-state index in [0.717, 1.165) is 37.6 Å². The van der Waals surface area contributed by atoms with Gasteiger partial charge in [-0.3, -0.25) is 9.88 Å². The van der Waals surface area contributed by atoms with Gasteiger partial charge in [0.1, 0.15) is 24.2 Å². The third kappa shape index (κ3) is 4.21. The molecule has 1 aliphatic rings. The van der Waals surface area contributed by atoms with Gasteiger partial charge in [0.05, 0.1) is 6.20 Å². The third-order valence-corrected chi connectivity index (χ3v) is 3.83. The van der Waals surface area contributed by atoms with Crippen LogP contribution in [0.1, 0.15) is 12.0 Å². The lowest BCUT2D eigenvalue weighted by Crippen LogP contribution is -2.28. The molecule has 1 saturated heterocycles. The van der Waals surface area contributed by atoms with Crippen molar-refractivity contribution in [2.75, 3.05) is 26.2 Å².